The molecule has 0 bridgehead atoms. The van der Waals surface area contributed by atoms with Crippen LogP contribution >= 0.6 is 24.8 Å². The van der Waals surface area contributed by atoms with E-state index in [1.165, 1.54) is 18.4 Å². The summed E-state index contributed by atoms with van der Waals surface area (Å²) in [6, 6.07) is 10.6. The van der Waals surface area contributed by atoms with Gasteiger partial charge in [0.25, 0.3) is 0 Å². The van der Waals surface area contributed by atoms with Crippen molar-refractivity contribution in [1.29, 1.82) is 0 Å². The number of benzene rings is 1. The molecule has 2 rings (SSSR count). The lowest BCUT2D eigenvalue weighted by Gasteiger charge is -2.36. The van der Waals surface area contributed by atoms with E-state index in [9.17, 15) is 4.79 Å². The zero-order valence-electron chi connectivity index (χ0n) is 15.3. The van der Waals surface area contributed by atoms with Crippen LogP contribution in [0.4, 0.5) is 0 Å². The van der Waals surface area contributed by atoms with Crippen LogP contribution < -0.4 is 11.1 Å². The molecule has 0 aromatic heterocycles. The number of amides is 1. The predicted octanol–water partition coefficient (Wildman–Crippen LogP) is 3.37. The number of nitrogens with zero attached hydrogens (tertiary/aromatic N) is 1. The fourth-order valence-electron chi connectivity index (χ4n) is 3.28. The summed E-state index contributed by atoms with van der Waals surface area (Å²) in [5.41, 5.74) is 7.30. The Kier molecular flexibility index (Phi) is 12.1. The molecule has 2 atom stereocenters. The summed E-state index contributed by atoms with van der Waals surface area (Å²) in [5.74, 6) is 0.434. The van der Waals surface area contributed by atoms with E-state index in [4.69, 9.17) is 5.73 Å². The van der Waals surface area contributed by atoms with Gasteiger partial charge < -0.3 is 11.1 Å². The van der Waals surface area contributed by atoms with Crippen molar-refractivity contribution in [3.8, 4) is 0 Å². The van der Waals surface area contributed by atoms with Gasteiger partial charge in [0.15, 0.2) is 0 Å². The first-order valence-electron chi connectivity index (χ1n) is 8.87. The molecule has 1 saturated heterocycles. The highest BCUT2D eigenvalue weighted by Gasteiger charge is 2.24. The minimum absolute atomic E-state index is 0. The van der Waals surface area contributed by atoms with Gasteiger partial charge in [-0.2, -0.15) is 0 Å². The number of halogens is 2. The number of carbonyl (C=O) groups is 1. The van der Waals surface area contributed by atoms with Gasteiger partial charge in [-0.25, -0.2) is 0 Å². The molecule has 144 valence electrons. The predicted molar refractivity (Wildman–Crippen MR) is 109 cm³/mol. The number of carbonyl (C=O) groups excluding carboxylic acids is 1. The molecule has 1 unspecified atom stereocenters. The lowest BCUT2D eigenvalue weighted by atomic mass is 10.0. The van der Waals surface area contributed by atoms with E-state index in [-0.39, 0.29) is 36.8 Å². The second-order valence-electron chi connectivity index (χ2n) is 7.09. The van der Waals surface area contributed by atoms with Gasteiger partial charge in [-0.3, -0.25) is 9.69 Å². The van der Waals surface area contributed by atoms with Crippen molar-refractivity contribution in [3.63, 3.8) is 0 Å². The van der Waals surface area contributed by atoms with Crippen molar-refractivity contribution < 1.29 is 4.79 Å². The summed E-state index contributed by atoms with van der Waals surface area (Å²) in [7, 11) is 0. The Morgan fingerprint density at radius 2 is 1.92 bits per heavy atom. The molecule has 1 aliphatic rings. The van der Waals surface area contributed by atoms with E-state index in [0.717, 1.165) is 25.9 Å². The number of nitrogens with two attached hydrogens (primary N) is 1. The van der Waals surface area contributed by atoms with Gasteiger partial charge in [0.2, 0.25) is 5.91 Å². The molecule has 1 aromatic carbocycles. The van der Waals surface area contributed by atoms with E-state index < -0.39 is 0 Å². The summed E-state index contributed by atoms with van der Waals surface area (Å²) < 4.78 is 0. The molecule has 1 aliphatic heterocycles. The molecule has 6 heteroatoms. The number of likely N-dealkylation sites (tertiary alicyclic amines) is 1. The van der Waals surface area contributed by atoms with Gasteiger partial charge in [0.05, 0.1) is 6.04 Å². The second kappa shape index (κ2) is 12.5. The van der Waals surface area contributed by atoms with Crippen molar-refractivity contribution in [2.75, 3.05) is 13.1 Å². The molecule has 1 fully saturated rings. The number of rotatable bonds is 7. The first-order chi connectivity index (χ1) is 11.1. The number of nitrogens with one attached hydrogen (secondary N) is 1. The summed E-state index contributed by atoms with van der Waals surface area (Å²) >= 11 is 0. The molecular formula is C19H33Cl2N3O. The van der Waals surface area contributed by atoms with Crippen LogP contribution in [0.3, 0.4) is 0 Å². The zero-order valence-corrected chi connectivity index (χ0v) is 17.0. The monoisotopic (exact) mass is 389 g/mol. The Morgan fingerprint density at radius 1 is 1.24 bits per heavy atom. The van der Waals surface area contributed by atoms with E-state index >= 15 is 0 Å². The summed E-state index contributed by atoms with van der Waals surface area (Å²) in [6.45, 7) is 6.95. The molecule has 1 aromatic rings. The highest BCUT2D eigenvalue weighted by atomic mass is 35.5. The SMILES string of the molecule is CC(C)C[C@H](N)C(=O)NCC1CCCCN1Cc1ccccc1.Cl.Cl. The maximum Gasteiger partial charge on any atom is 0.236 e. The molecule has 0 radical (unpaired) electrons. The van der Waals surface area contributed by atoms with E-state index in [1.807, 2.05) is 6.07 Å². The largest absolute Gasteiger partial charge is 0.353 e. The standard InChI is InChI=1S/C19H31N3O.2ClH/c1-15(2)12-18(20)19(23)21-13-17-10-6-7-11-22(17)14-16-8-4-3-5-9-16;;/h3-5,8-9,15,17-18H,6-7,10-14,20H2,1-2H3,(H,21,23);2*1H/t17?,18-;;/m0../s1. The van der Waals surface area contributed by atoms with Gasteiger partial charge in [-0.05, 0) is 37.3 Å². The molecule has 0 spiro atoms. The lowest BCUT2D eigenvalue weighted by molar-refractivity contribution is -0.123. The van der Waals surface area contributed by atoms with Crippen LogP contribution in [0.2, 0.25) is 0 Å². The summed E-state index contributed by atoms with van der Waals surface area (Å²) in [4.78, 5) is 14.6. The Hall–Kier alpha value is -0.810. The molecule has 0 saturated carbocycles. The van der Waals surface area contributed by atoms with Crippen LogP contribution in [0, 0.1) is 5.92 Å². The van der Waals surface area contributed by atoms with Crippen LogP contribution in [-0.4, -0.2) is 36.0 Å². The Balaban J connectivity index is 0.00000288. The second-order valence-corrected chi connectivity index (χ2v) is 7.09. The van der Waals surface area contributed by atoms with Gasteiger partial charge in [-0.15, -0.1) is 24.8 Å². The molecule has 25 heavy (non-hydrogen) atoms. The first kappa shape index (κ1) is 24.2. The van der Waals surface area contributed by atoms with E-state index in [1.54, 1.807) is 0 Å². The Bertz CT molecular complexity index is 485. The van der Waals surface area contributed by atoms with Crippen LogP contribution in [0.25, 0.3) is 0 Å². The summed E-state index contributed by atoms with van der Waals surface area (Å²) in [5, 5.41) is 3.07. The average molecular weight is 390 g/mol. The van der Waals surface area contributed by atoms with Crippen LogP contribution in [0.1, 0.15) is 45.1 Å². The Morgan fingerprint density at radius 3 is 2.56 bits per heavy atom. The van der Waals surface area contributed by atoms with E-state index in [2.05, 4.69) is 48.3 Å². The quantitative estimate of drug-likeness (QED) is 0.751. The fourth-order valence-corrected chi connectivity index (χ4v) is 3.28. The minimum Gasteiger partial charge on any atom is -0.353 e. The third kappa shape index (κ3) is 8.41. The lowest BCUT2D eigenvalue weighted by Crippen LogP contribution is -2.49. The van der Waals surface area contributed by atoms with Crippen LogP contribution in [-0.2, 0) is 11.3 Å². The van der Waals surface area contributed by atoms with Gasteiger partial charge in [-0.1, -0.05) is 50.6 Å². The maximum absolute atomic E-state index is 12.1. The normalized spacial score (nSPS) is 18.8. The average Bonchev–Trinajstić information content (AvgIpc) is 2.54. The molecule has 4 nitrogen and oxygen atoms in total. The molecule has 1 amide bonds. The van der Waals surface area contributed by atoms with Gasteiger partial charge in [0, 0.05) is 19.1 Å². The highest BCUT2D eigenvalue weighted by molar-refractivity contribution is 5.85. The van der Waals surface area contributed by atoms with Crippen LogP contribution in [0.15, 0.2) is 30.3 Å². The number of piperidine rings is 1. The third-order valence-electron chi connectivity index (χ3n) is 4.55. The minimum atomic E-state index is -0.388. The van der Waals surface area contributed by atoms with Gasteiger partial charge >= 0.3 is 0 Å². The van der Waals surface area contributed by atoms with Crippen molar-refractivity contribution >= 4 is 30.7 Å². The molecule has 3 N–H and O–H groups in total. The zero-order chi connectivity index (χ0) is 16.7. The van der Waals surface area contributed by atoms with Crippen LogP contribution in [0.5, 0.6) is 0 Å². The number of hydrogen-bond acceptors (Lipinski definition) is 3. The third-order valence-corrected chi connectivity index (χ3v) is 4.55. The fraction of sp³-hybridized carbons (Fsp3) is 0.632. The number of hydrogen-bond donors (Lipinski definition) is 2. The highest BCUT2D eigenvalue weighted by Crippen LogP contribution is 2.19. The smallest absolute Gasteiger partial charge is 0.236 e. The van der Waals surface area contributed by atoms with Gasteiger partial charge in [0.1, 0.15) is 0 Å². The molecular weight excluding hydrogens is 357 g/mol. The topological polar surface area (TPSA) is 58.4 Å². The van der Waals surface area contributed by atoms with Crippen molar-refractivity contribution in [2.45, 2.75) is 58.2 Å². The van der Waals surface area contributed by atoms with Crippen molar-refractivity contribution in [3.05, 3.63) is 35.9 Å². The first-order valence-corrected chi connectivity index (χ1v) is 8.87. The van der Waals surface area contributed by atoms with Crippen molar-refractivity contribution in [2.24, 2.45) is 11.7 Å². The summed E-state index contributed by atoms with van der Waals surface area (Å²) in [6.07, 6.45) is 4.37. The van der Waals surface area contributed by atoms with E-state index in [0.29, 0.717) is 18.5 Å². The molecule has 1 heterocycles. The van der Waals surface area contributed by atoms with Crippen molar-refractivity contribution in [1.82, 2.24) is 10.2 Å². The Labute approximate surface area is 164 Å². The molecule has 0 aliphatic carbocycles. The maximum atomic E-state index is 12.1.